The molecular formula is C20H16N4O5. The molecular weight excluding hydrogens is 376 g/mol. The van der Waals surface area contributed by atoms with Crippen molar-refractivity contribution in [3.05, 3.63) is 77.9 Å². The number of imide groups is 1. The maximum atomic E-state index is 11.9. The molecule has 1 aliphatic rings. The van der Waals surface area contributed by atoms with Gasteiger partial charge in [0, 0.05) is 11.6 Å². The molecule has 0 bridgehead atoms. The van der Waals surface area contributed by atoms with Crippen LogP contribution in [0.4, 0.5) is 10.5 Å². The molecule has 3 rings (SSSR count). The van der Waals surface area contributed by atoms with Crippen molar-refractivity contribution in [2.45, 2.75) is 5.92 Å². The summed E-state index contributed by atoms with van der Waals surface area (Å²) in [6, 6.07) is 14.2. The predicted octanol–water partition coefficient (Wildman–Crippen LogP) is 1.59. The SMILES string of the molecule is O=C(/C=C/C(C(=O)O)c1ccccc1)NC(=O)N/N=C1\C(=O)Nc2ccccc21. The standard InChI is InChI=1S/C20H16N4O5/c25-16(11-10-13(19(27)28)12-6-2-1-3-7-12)22-20(29)24-23-17-14-8-4-5-9-15(14)21-18(17)26/h1-11,13H,(H,27,28)(H,21,23,26)(H2,22,24,25,29)/b11-10+. The third-order valence-electron chi connectivity index (χ3n) is 4.02. The van der Waals surface area contributed by atoms with Gasteiger partial charge in [0.15, 0.2) is 5.71 Å². The van der Waals surface area contributed by atoms with Crippen LogP contribution in [0.2, 0.25) is 0 Å². The Morgan fingerprint density at radius 1 is 1.03 bits per heavy atom. The molecule has 0 aromatic heterocycles. The van der Waals surface area contributed by atoms with E-state index in [1.165, 1.54) is 6.08 Å². The highest BCUT2D eigenvalue weighted by atomic mass is 16.4. The molecule has 29 heavy (non-hydrogen) atoms. The molecule has 0 radical (unpaired) electrons. The lowest BCUT2D eigenvalue weighted by Gasteiger charge is -2.07. The summed E-state index contributed by atoms with van der Waals surface area (Å²) in [6.07, 6.45) is 2.13. The van der Waals surface area contributed by atoms with Gasteiger partial charge in [-0.3, -0.25) is 19.7 Å². The van der Waals surface area contributed by atoms with E-state index in [2.05, 4.69) is 15.8 Å². The summed E-state index contributed by atoms with van der Waals surface area (Å²) in [6.45, 7) is 0. The molecule has 146 valence electrons. The van der Waals surface area contributed by atoms with E-state index in [-0.39, 0.29) is 5.71 Å². The molecule has 0 saturated carbocycles. The molecule has 9 nitrogen and oxygen atoms in total. The summed E-state index contributed by atoms with van der Waals surface area (Å²) in [5.41, 5.74) is 3.67. The zero-order valence-corrected chi connectivity index (χ0v) is 15.0. The molecule has 1 heterocycles. The molecule has 0 spiro atoms. The lowest BCUT2D eigenvalue weighted by Crippen LogP contribution is -2.37. The zero-order chi connectivity index (χ0) is 20.8. The van der Waals surface area contributed by atoms with Crippen LogP contribution in [0.3, 0.4) is 0 Å². The number of para-hydroxylation sites is 1. The fourth-order valence-corrected chi connectivity index (χ4v) is 2.68. The number of hydrogen-bond acceptors (Lipinski definition) is 5. The Hall–Kier alpha value is -4.27. The number of hydrazone groups is 1. The predicted molar refractivity (Wildman–Crippen MR) is 104 cm³/mol. The van der Waals surface area contributed by atoms with E-state index in [9.17, 15) is 24.3 Å². The molecule has 2 aromatic rings. The molecule has 1 atom stereocenters. The minimum atomic E-state index is -1.14. The Morgan fingerprint density at radius 2 is 1.72 bits per heavy atom. The van der Waals surface area contributed by atoms with Gasteiger partial charge in [0.1, 0.15) is 5.92 Å². The molecule has 0 saturated heterocycles. The van der Waals surface area contributed by atoms with Crippen LogP contribution in [0, 0.1) is 0 Å². The number of nitrogens with zero attached hydrogens (tertiary/aromatic N) is 1. The minimum absolute atomic E-state index is 0.00811. The van der Waals surface area contributed by atoms with Gasteiger partial charge in [-0.05, 0) is 11.6 Å². The Kier molecular flexibility index (Phi) is 5.79. The number of fused-ring (bicyclic) bond motifs is 1. The second-order valence-corrected chi connectivity index (χ2v) is 5.98. The van der Waals surface area contributed by atoms with Crippen LogP contribution < -0.4 is 16.1 Å². The summed E-state index contributed by atoms with van der Waals surface area (Å²) < 4.78 is 0. The Bertz CT molecular complexity index is 1030. The van der Waals surface area contributed by atoms with Gasteiger partial charge in [-0.2, -0.15) is 5.10 Å². The zero-order valence-electron chi connectivity index (χ0n) is 15.0. The largest absolute Gasteiger partial charge is 0.481 e. The number of aliphatic carboxylic acids is 1. The lowest BCUT2D eigenvalue weighted by atomic mass is 9.99. The van der Waals surface area contributed by atoms with Gasteiger partial charge in [-0.25, -0.2) is 10.2 Å². The fraction of sp³-hybridized carbons (Fsp3) is 0.0500. The number of nitrogens with one attached hydrogen (secondary N) is 3. The maximum Gasteiger partial charge on any atom is 0.342 e. The van der Waals surface area contributed by atoms with Crippen molar-refractivity contribution in [3.63, 3.8) is 0 Å². The molecule has 9 heteroatoms. The van der Waals surface area contributed by atoms with Gasteiger partial charge in [-0.1, -0.05) is 54.6 Å². The summed E-state index contributed by atoms with van der Waals surface area (Å²) in [5, 5.41) is 17.6. The number of urea groups is 1. The van der Waals surface area contributed by atoms with E-state index in [0.29, 0.717) is 16.8 Å². The number of rotatable bonds is 5. The maximum absolute atomic E-state index is 11.9. The van der Waals surface area contributed by atoms with Crippen LogP contribution in [0.15, 0.2) is 71.9 Å². The third-order valence-corrected chi connectivity index (χ3v) is 4.02. The second-order valence-electron chi connectivity index (χ2n) is 5.98. The van der Waals surface area contributed by atoms with Gasteiger partial charge < -0.3 is 10.4 Å². The fourth-order valence-electron chi connectivity index (χ4n) is 2.68. The summed E-state index contributed by atoms with van der Waals surface area (Å²) in [5.74, 6) is -3.49. The second kappa shape index (κ2) is 8.61. The molecule has 0 aliphatic carbocycles. The normalized spacial score (nSPS) is 14.9. The number of amides is 4. The molecule has 1 unspecified atom stereocenters. The van der Waals surface area contributed by atoms with E-state index in [1.807, 2.05) is 5.32 Å². The van der Waals surface area contributed by atoms with Crippen LogP contribution >= 0.6 is 0 Å². The Balaban J connectivity index is 1.61. The number of carbonyl (C=O) groups excluding carboxylic acids is 3. The first-order valence-corrected chi connectivity index (χ1v) is 8.51. The molecule has 0 fully saturated rings. The van der Waals surface area contributed by atoms with Crippen LogP contribution in [0.1, 0.15) is 17.0 Å². The molecule has 4 amide bonds. The van der Waals surface area contributed by atoms with Crippen LogP contribution in [0.25, 0.3) is 0 Å². The third kappa shape index (κ3) is 4.72. The van der Waals surface area contributed by atoms with Crippen LogP contribution in [0.5, 0.6) is 0 Å². The summed E-state index contributed by atoms with van der Waals surface area (Å²) >= 11 is 0. The van der Waals surface area contributed by atoms with Crippen molar-refractivity contribution in [3.8, 4) is 0 Å². The highest BCUT2D eigenvalue weighted by molar-refractivity contribution is 6.53. The number of carbonyl (C=O) groups is 4. The van der Waals surface area contributed by atoms with Crippen molar-refractivity contribution < 1.29 is 24.3 Å². The van der Waals surface area contributed by atoms with Crippen molar-refractivity contribution in [1.29, 1.82) is 0 Å². The first-order valence-electron chi connectivity index (χ1n) is 8.51. The molecule has 2 aromatic carbocycles. The van der Waals surface area contributed by atoms with E-state index in [1.54, 1.807) is 54.6 Å². The van der Waals surface area contributed by atoms with Crippen molar-refractivity contribution in [2.24, 2.45) is 5.10 Å². The topological polar surface area (TPSA) is 137 Å². The minimum Gasteiger partial charge on any atom is -0.481 e. The highest BCUT2D eigenvalue weighted by Gasteiger charge is 2.25. The average molecular weight is 392 g/mol. The smallest absolute Gasteiger partial charge is 0.342 e. The molecule has 1 aliphatic heterocycles. The van der Waals surface area contributed by atoms with Gasteiger partial charge in [0.2, 0.25) is 0 Å². The summed E-state index contributed by atoms with van der Waals surface area (Å²) in [4.78, 5) is 47.0. The average Bonchev–Trinajstić information content (AvgIpc) is 3.02. The number of hydrogen-bond donors (Lipinski definition) is 4. The molecule has 4 N–H and O–H groups in total. The highest BCUT2D eigenvalue weighted by Crippen LogP contribution is 2.22. The first-order chi connectivity index (χ1) is 14.0. The first kappa shape index (κ1) is 19.5. The van der Waals surface area contributed by atoms with Gasteiger partial charge >= 0.3 is 12.0 Å². The van der Waals surface area contributed by atoms with Gasteiger partial charge in [-0.15, -0.1) is 0 Å². The quantitative estimate of drug-likeness (QED) is 0.452. The van der Waals surface area contributed by atoms with E-state index >= 15 is 0 Å². The van der Waals surface area contributed by atoms with E-state index in [0.717, 1.165) is 6.08 Å². The Morgan fingerprint density at radius 3 is 2.45 bits per heavy atom. The monoisotopic (exact) mass is 392 g/mol. The Labute approximate surface area is 165 Å². The van der Waals surface area contributed by atoms with Gasteiger partial charge in [0.05, 0.1) is 5.69 Å². The van der Waals surface area contributed by atoms with E-state index in [4.69, 9.17) is 0 Å². The van der Waals surface area contributed by atoms with Crippen molar-refractivity contribution >= 4 is 35.2 Å². The van der Waals surface area contributed by atoms with Gasteiger partial charge in [0.25, 0.3) is 11.8 Å². The number of carboxylic acid groups (broad SMARTS) is 1. The summed E-state index contributed by atoms with van der Waals surface area (Å²) in [7, 11) is 0. The van der Waals surface area contributed by atoms with Crippen LogP contribution in [-0.2, 0) is 14.4 Å². The van der Waals surface area contributed by atoms with E-state index < -0.39 is 29.7 Å². The van der Waals surface area contributed by atoms with Crippen molar-refractivity contribution in [2.75, 3.05) is 5.32 Å². The van der Waals surface area contributed by atoms with Crippen molar-refractivity contribution in [1.82, 2.24) is 10.7 Å². The number of anilines is 1. The number of carboxylic acids is 1. The lowest BCUT2D eigenvalue weighted by molar-refractivity contribution is -0.137. The van der Waals surface area contributed by atoms with Crippen LogP contribution in [-0.4, -0.2) is 34.6 Å². The number of benzene rings is 2.